The Balaban J connectivity index is 1.34. The summed E-state index contributed by atoms with van der Waals surface area (Å²) < 4.78 is 64.1. The van der Waals surface area contributed by atoms with Gasteiger partial charge in [0.2, 0.25) is 0 Å². The Morgan fingerprint density at radius 2 is 1.68 bits per heavy atom. The van der Waals surface area contributed by atoms with Crippen LogP contribution in [0, 0.1) is 17.0 Å². The number of hydrogen-bond acceptors (Lipinski definition) is 6. The second-order valence-corrected chi connectivity index (χ2v) is 18.4. The molecule has 0 bridgehead atoms. The van der Waals surface area contributed by atoms with Gasteiger partial charge in [-0.1, -0.05) is 63.2 Å². The van der Waals surface area contributed by atoms with Gasteiger partial charge in [0.15, 0.2) is 26.3 Å². The van der Waals surface area contributed by atoms with Crippen LogP contribution in [0.2, 0.25) is 13.1 Å². The number of nitrogens with zero attached hydrogens (tertiary/aromatic N) is 3. The standard InChI is InChI=1S/C40H40F2N4O5SSi/c1-40(2,3)36(51-53(4)5)29-21-32-33(25-46(37(32)43-23-29)52(49,50)30-13-7-6-8-14-30)28-12-9-11-26(19-28)22-44-38(47)31-15-10-18-45(39(31)48)24-27-16-17-34(41)35(42)20-27/h6-21,23,25,36,53H,22,24H2,1-5H3,(H,44,47). The molecule has 1 atom stereocenters. The first-order valence-electron chi connectivity index (χ1n) is 17.1. The van der Waals surface area contributed by atoms with Gasteiger partial charge in [-0.3, -0.25) is 9.59 Å². The molecule has 3 aromatic carbocycles. The van der Waals surface area contributed by atoms with Crippen molar-refractivity contribution in [3.63, 3.8) is 0 Å². The molecular formula is C40H40F2N4O5SSi. The summed E-state index contributed by atoms with van der Waals surface area (Å²) in [7, 11) is -5.50. The Kier molecular flexibility index (Phi) is 10.6. The normalized spacial score (nSPS) is 12.7. The van der Waals surface area contributed by atoms with Crippen molar-refractivity contribution in [1.29, 1.82) is 0 Å². The van der Waals surface area contributed by atoms with Crippen molar-refractivity contribution in [2.45, 2.75) is 58.0 Å². The maximum absolute atomic E-state index is 14.0. The van der Waals surface area contributed by atoms with E-state index in [0.29, 0.717) is 27.6 Å². The zero-order chi connectivity index (χ0) is 38.1. The molecule has 6 rings (SSSR count). The SMILES string of the molecule is C[SiH](C)OC(c1cnc2c(c1)c(-c1cccc(CNC(=O)c3cccn(Cc4ccc(F)c(F)c4)c3=O)c1)cn2S(=O)(=O)c1ccccc1)C(C)(C)C. The van der Waals surface area contributed by atoms with Crippen molar-refractivity contribution in [2.24, 2.45) is 5.41 Å². The van der Waals surface area contributed by atoms with E-state index in [1.165, 1.54) is 32.9 Å². The smallest absolute Gasteiger partial charge is 0.269 e. The molecule has 0 saturated carbocycles. The minimum absolute atomic E-state index is 0.0502. The number of nitrogens with one attached hydrogen (secondary N) is 1. The van der Waals surface area contributed by atoms with Gasteiger partial charge < -0.3 is 14.3 Å². The molecule has 3 aromatic heterocycles. The molecule has 1 unspecified atom stereocenters. The summed E-state index contributed by atoms with van der Waals surface area (Å²) in [6.07, 6.45) is 4.47. The van der Waals surface area contributed by atoms with Gasteiger partial charge in [0, 0.05) is 36.1 Å². The van der Waals surface area contributed by atoms with Crippen LogP contribution in [0.15, 0.2) is 119 Å². The second-order valence-electron chi connectivity index (χ2n) is 14.2. The van der Waals surface area contributed by atoms with Gasteiger partial charge in [-0.25, -0.2) is 26.2 Å². The first-order valence-corrected chi connectivity index (χ1v) is 21.3. The van der Waals surface area contributed by atoms with Crippen molar-refractivity contribution in [2.75, 3.05) is 0 Å². The van der Waals surface area contributed by atoms with Crippen molar-refractivity contribution < 1.29 is 26.4 Å². The summed E-state index contributed by atoms with van der Waals surface area (Å²) in [5, 5.41) is 3.42. The predicted molar refractivity (Wildman–Crippen MR) is 204 cm³/mol. The Bertz CT molecular complexity index is 2480. The fourth-order valence-corrected chi connectivity index (χ4v) is 8.66. The summed E-state index contributed by atoms with van der Waals surface area (Å²) in [6.45, 7) is 10.5. The maximum atomic E-state index is 14.0. The molecule has 3 heterocycles. The van der Waals surface area contributed by atoms with Gasteiger partial charge in [0.05, 0.1) is 17.5 Å². The number of rotatable bonds is 11. The van der Waals surface area contributed by atoms with Crippen molar-refractivity contribution in [3.05, 3.63) is 154 Å². The molecule has 13 heteroatoms. The number of amides is 1. The Morgan fingerprint density at radius 3 is 2.38 bits per heavy atom. The molecule has 9 nitrogen and oxygen atoms in total. The molecule has 0 spiro atoms. The Labute approximate surface area is 308 Å². The van der Waals surface area contributed by atoms with Crippen LogP contribution >= 0.6 is 0 Å². The number of carbonyl (C=O) groups excluding carboxylic acids is 1. The van der Waals surface area contributed by atoms with Crippen LogP contribution in [0.25, 0.3) is 22.2 Å². The minimum atomic E-state index is -4.02. The molecule has 0 aliphatic rings. The highest BCUT2D eigenvalue weighted by molar-refractivity contribution is 7.90. The van der Waals surface area contributed by atoms with Crippen LogP contribution in [0.4, 0.5) is 8.78 Å². The predicted octanol–water partition coefficient (Wildman–Crippen LogP) is 7.45. The van der Waals surface area contributed by atoms with Gasteiger partial charge in [0.1, 0.15) is 5.56 Å². The third kappa shape index (κ3) is 8.07. The summed E-state index contributed by atoms with van der Waals surface area (Å²) in [5.41, 5.74) is 2.53. The van der Waals surface area contributed by atoms with E-state index in [4.69, 9.17) is 9.41 Å². The summed E-state index contributed by atoms with van der Waals surface area (Å²) in [5.74, 6) is -2.63. The number of halogens is 2. The largest absolute Gasteiger partial charge is 0.413 e. The average molecular weight is 755 g/mol. The number of aromatic nitrogens is 3. The third-order valence-electron chi connectivity index (χ3n) is 8.72. The molecule has 1 N–H and O–H groups in total. The lowest BCUT2D eigenvalue weighted by molar-refractivity contribution is 0.0864. The van der Waals surface area contributed by atoms with Crippen LogP contribution in [0.5, 0.6) is 0 Å². The highest BCUT2D eigenvalue weighted by Crippen LogP contribution is 2.40. The lowest BCUT2D eigenvalue weighted by Crippen LogP contribution is -2.32. The van der Waals surface area contributed by atoms with Gasteiger partial charge in [-0.05, 0) is 89.3 Å². The van der Waals surface area contributed by atoms with E-state index in [1.54, 1.807) is 42.7 Å². The number of pyridine rings is 2. The first-order chi connectivity index (χ1) is 25.1. The Hall–Kier alpha value is -5.24. The van der Waals surface area contributed by atoms with Crippen LogP contribution in [-0.4, -0.2) is 36.9 Å². The van der Waals surface area contributed by atoms with Gasteiger partial charge >= 0.3 is 0 Å². The summed E-state index contributed by atoms with van der Waals surface area (Å²) in [6, 6.07) is 23.8. The molecular weight excluding hydrogens is 715 g/mol. The second kappa shape index (κ2) is 15.0. The molecule has 0 saturated heterocycles. The fraction of sp³-hybridized carbons (Fsp3) is 0.225. The van der Waals surface area contributed by atoms with Crippen LogP contribution in [-0.2, 0) is 27.5 Å². The number of benzene rings is 3. The molecule has 53 heavy (non-hydrogen) atoms. The van der Waals surface area contributed by atoms with Gasteiger partial charge in [-0.2, -0.15) is 0 Å². The number of fused-ring (bicyclic) bond motifs is 1. The molecule has 0 radical (unpaired) electrons. The lowest BCUT2D eigenvalue weighted by atomic mass is 9.85. The van der Waals surface area contributed by atoms with Crippen molar-refractivity contribution in [3.8, 4) is 11.1 Å². The summed E-state index contributed by atoms with van der Waals surface area (Å²) >= 11 is 0. The highest BCUT2D eigenvalue weighted by Gasteiger charge is 2.30. The lowest BCUT2D eigenvalue weighted by Gasteiger charge is -2.32. The molecule has 274 valence electrons. The topological polar surface area (TPSA) is 112 Å². The van der Waals surface area contributed by atoms with E-state index in [0.717, 1.165) is 17.7 Å². The summed E-state index contributed by atoms with van der Waals surface area (Å²) in [4.78, 5) is 31.3. The van der Waals surface area contributed by atoms with Crippen LogP contribution < -0.4 is 10.9 Å². The van der Waals surface area contributed by atoms with E-state index in [9.17, 15) is 26.8 Å². The molecule has 6 aromatic rings. The first kappa shape index (κ1) is 37.5. The van der Waals surface area contributed by atoms with E-state index in [2.05, 4.69) is 39.2 Å². The van der Waals surface area contributed by atoms with E-state index in [1.807, 2.05) is 30.3 Å². The fourth-order valence-electron chi connectivity index (χ4n) is 6.21. The highest BCUT2D eigenvalue weighted by atomic mass is 32.2. The van der Waals surface area contributed by atoms with E-state index >= 15 is 0 Å². The zero-order valence-electron chi connectivity index (χ0n) is 30.0. The third-order valence-corrected chi connectivity index (χ3v) is 11.2. The van der Waals surface area contributed by atoms with Crippen LogP contribution in [0.3, 0.4) is 0 Å². The van der Waals surface area contributed by atoms with Crippen molar-refractivity contribution >= 4 is 36.0 Å². The van der Waals surface area contributed by atoms with Crippen LogP contribution in [0.1, 0.15) is 53.9 Å². The molecule has 0 fully saturated rings. The molecule has 0 aliphatic heterocycles. The van der Waals surface area contributed by atoms with E-state index in [-0.39, 0.29) is 40.7 Å². The monoisotopic (exact) mass is 754 g/mol. The molecule has 0 aliphatic carbocycles. The van der Waals surface area contributed by atoms with E-state index < -0.39 is 42.2 Å². The zero-order valence-corrected chi connectivity index (χ0v) is 32.0. The van der Waals surface area contributed by atoms with Crippen molar-refractivity contribution in [1.82, 2.24) is 18.8 Å². The Morgan fingerprint density at radius 1 is 0.925 bits per heavy atom. The molecule has 1 amide bonds. The maximum Gasteiger partial charge on any atom is 0.269 e. The minimum Gasteiger partial charge on any atom is -0.413 e. The van der Waals surface area contributed by atoms with Gasteiger partial charge in [-0.15, -0.1) is 0 Å². The number of carbonyl (C=O) groups is 1. The average Bonchev–Trinajstić information content (AvgIpc) is 3.52. The van der Waals surface area contributed by atoms with Gasteiger partial charge in [0.25, 0.3) is 21.5 Å². The number of hydrogen-bond donors (Lipinski definition) is 1. The quantitative estimate of drug-likeness (QED) is 0.138.